The van der Waals surface area contributed by atoms with Crippen molar-refractivity contribution in [1.29, 1.82) is 5.26 Å². The Hall–Kier alpha value is -3.93. The number of anilines is 1. The summed E-state index contributed by atoms with van der Waals surface area (Å²) in [5.74, 6) is -0.606. The summed E-state index contributed by atoms with van der Waals surface area (Å²) in [5.41, 5.74) is 0.459. The van der Waals surface area contributed by atoms with Crippen molar-refractivity contribution in [2.45, 2.75) is 6.42 Å². The largest absolute Gasteiger partial charge is 0.497 e. The van der Waals surface area contributed by atoms with Crippen LogP contribution in [0.5, 0.6) is 5.75 Å². The van der Waals surface area contributed by atoms with Gasteiger partial charge in [0.25, 0.3) is 11.6 Å². The van der Waals surface area contributed by atoms with Crippen molar-refractivity contribution in [1.82, 2.24) is 0 Å². The number of rotatable bonds is 7. The first-order valence-electron chi connectivity index (χ1n) is 7.70. The van der Waals surface area contributed by atoms with E-state index in [2.05, 4.69) is 5.32 Å². The maximum absolute atomic E-state index is 11.9. The fourth-order valence-corrected chi connectivity index (χ4v) is 2.14. The molecule has 2 aromatic carbocycles. The molecule has 0 aliphatic rings. The van der Waals surface area contributed by atoms with Gasteiger partial charge in [0.2, 0.25) is 0 Å². The van der Waals surface area contributed by atoms with Gasteiger partial charge in [-0.15, -0.1) is 0 Å². The molecule has 1 amide bonds. The number of carbonyl (C=O) groups excluding carboxylic acids is 2. The number of amides is 1. The number of nitro groups is 1. The summed E-state index contributed by atoms with van der Waals surface area (Å²) in [6.45, 7) is -0.545. The number of carbonyl (C=O) groups is 2. The quantitative estimate of drug-likeness (QED) is 0.449. The van der Waals surface area contributed by atoms with Crippen LogP contribution < -0.4 is 10.1 Å². The molecule has 0 aromatic heterocycles. The number of non-ortho nitro benzene ring substituents is 1. The molecule has 27 heavy (non-hydrogen) atoms. The van der Waals surface area contributed by atoms with Crippen LogP contribution >= 0.6 is 0 Å². The van der Waals surface area contributed by atoms with E-state index in [0.717, 1.165) is 12.1 Å². The van der Waals surface area contributed by atoms with Crippen molar-refractivity contribution >= 4 is 23.3 Å². The Morgan fingerprint density at radius 1 is 1.22 bits per heavy atom. The van der Waals surface area contributed by atoms with Crippen molar-refractivity contribution < 1.29 is 24.0 Å². The fraction of sp³-hybridized carbons (Fsp3) is 0.167. The number of benzene rings is 2. The van der Waals surface area contributed by atoms with Gasteiger partial charge in [-0.25, -0.2) is 0 Å². The van der Waals surface area contributed by atoms with E-state index in [9.17, 15) is 19.7 Å². The van der Waals surface area contributed by atoms with Crippen LogP contribution in [0.1, 0.15) is 11.1 Å². The Bertz CT molecular complexity index is 902. The molecule has 0 heterocycles. The molecular formula is C18H15N3O6. The second-order valence-corrected chi connectivity index (χ2v) is 5.33. The molecule has 0 fully saturated rings. The molecule has 0 spiro atoms. The molecule has 0 aliphatic carbocycles. The highest BCUT2D eigenvalue weighted by Crippen LogP contribution is 2.21. The first-order valence-corrected chi connectivity index (χ1v) is 7.70. The van der Waals surface area contributed by atoms with E-state index in [-0.39, 0.29) is 23.4 Å². The van der Waals surface area contributed by atoms with Crippen LogP contribution in [-0.2, 0) is 20.7 Å². The lowest BCUT2D eigenvalue weighted by atomic mass is 10.1. The van der Waals surface area contributed by atoms with Crippen molar-refractivity contribution in [3.05, 3.63) is 63.7 Å². The van der Waals surface area contributed by atoms with Crippen LogP contribution in [0.2, 0.25) is 0 Å². The van der Waals surface area contributed by atoms with E-state index in [0.29, 0.717) is 11.3 Å². The molecule has 9 nitrogen and oxygen atoms in total. The molecule has 1 N–H and O–H groups in total. The monoisotopic (exact) mass is 369 g/mol. The summed E-state index contributed by atoms with van der Waals surface area (Å²) >= 11 is 0. The maximum atomic E-state index is 11.9. The molecule has 0 unspecified atom stereocenters. The Morgan fingerprint density at radius 2 is 1.93 bits per heavy atom. The average Bonchev–Trinajstić information content (AvgIpc) is 2.67. The van der Waals surface area contributed by atoms with E-state index in [4.69, 9.17) is 14.7 Å². The average molecular weight is 369 g/mol. The number of nitrogens with zero attached hydrogens (tertiary/aromatic N) is 2. The van der Waals surface area contributed by atoms with Crippen LogP contribution in [0.4, 0.5) is 11.4 Å². The van der Waals surface area contributed by atoms with Crippen molar-refractivity contribution in [2.75, 3.05) is 19.0 Å². The van der Waals surface area contributed by atoms with E-state index in [1.807, 2.05) is 0 Å². The van der Waals surface area contributed by atoms with Crippen molar-refractivity contribution in [2.24, 2.45) is 0 Å². The Balaban J connectivity index is 1.89. The third-order valence-electron chi connectivity index (χ3n) is 3.48. The molecule has 2 rings (SSSR count). The Kier molecular flexibility index (Phi) is 6.44. The fourth-order valence-electron chi connectivity index (χ4n) is 2.14. The zero-order valence-electron chi connectivity index (χ0n) is 14.3. The van der Waals surface area contributed by atoms with Gasteiger partial charge < -0.3 is 14.8 Å². The molecule has 9 heteroatoms. The number of nitro benzene ring substituents is 1. The molecule has 0 bridgehead atoms. The lowest BCUT2D eigenvalue weighted by Crippen LogP contribution is -2.22. The summed E-state index contributed by atoms with van der Waals surface area (Å²) in [4.78, 5) is 33.8. The van der Waals surface area contributed by atoms with Crippen molar-refractivity contribution in [3.8, 4) is 11.8 Å². The standard InChI is InChI=1S/C18H15N3O6/c1-26-15-5-2-12(3-6-15)8-18(23)27-11-17(22)20-16-7-4-14(21(24)25)9-13(16)10-19/h2-7,9H,8,11H2,1H3,(H,20,22). The number of hydrogen-bond donors (Lipinski definition) is 1. The van der Waals surface area contributed by atoms with Crippen LogP contribution in [0.15, 0.2) is 42.5 Å². The minimum Gasteiger partial charge on any atom is -0.497 e. The highest BCUT2D eigenvalue weighted by molar-refractivity contribution is 5.94. The lowest BCUT2D eigenvalue weighted by molar-refractivity contribution is -0.384. The third kappa shape index (κ3) is 5.54. The van der Waals surface area contributed by atoms with Gasteiger partial charge in [0.15, 0.2) is 6.61 Å². The number of nitriles is 1. The van der Waals surface area contributed by atoms with Gasteiger partial charge >= 0.3 is 5.97 Å². The van der Waals surface area contributed by atoms with Crippen LogP contribution in [-0.4, -0.2) is 30.5 Å². The number of esters is 1. The highest BCUT2D eigenvalue weighted by atomic mass is 16.6. The molecule has 0 saturated carbocycles. The molecule has 0 radical (unpaired) electrons. The van der Waals surface area contributed by atoms with Gasteiger partial charge in [-0.2, -0.15) is 5.26 Å². The van der Waals surface area contributed by atoms with Crippen LogP contribution in [0.3, 0.4) is 0 Å². The van der Waals surface area contributed by atoms with E-state index < -0.39 is 23.4 Å². The molecular weight excluding hydrogens is 354 g/mol. The minimum absolute atomic E-state index is 0.0156. The topological polar surface area (TPSA) is 132 Å². The number of methoxy groups -OCH3 is 1. The highest BCUT2D eigenvalue weighted by Gasteiger charge is 2.14. The summed E-state index contributed by atoms with van der Waals surface area (Å²) in [7, 11) is 1.53. The third-order valence-corrected chi connectivity index (χ3v) is 3.48. The van der Waals surface area contributed by atoms with Crippen molar-refractivity contribution in [3.63, 3.8) is 0 Å². The maximum Gasteiger partial charge on any atom is 0.310 e. The molecule has 0 atom stereocenters. The van der Waals surface area contributed by atoms with Crippen LogP contribution in [0, 0.1) is 21.4 Å². The van der Waals surface area contributed by atoms with Gasteiger partial charge in [-0.1, -0.05) is 12.1 Å². The second-order valence-electron chi connectivity index (χ2n) is 5.33. The minimum atomic E-state index is -0.663. The molecule has 138 valence electrons. The van der Waals surface area contributed by atoms with E-state index in [1.54, 1.807) is 30.3 Å². The van der Waals surface area contributed by atoms with E-state index >= 15 is 0 Å². The zero-order chi connectivity index (χ0) is 19.8. The second kappa shape index (κ2) is 8.96. The van der Waals surface area contributed by atoms with Gasteiger partial charge in [-0.3, -0.25) is 19.7 Å². The van der Waals surface area contributed by atoms with E-state index in [1.165, 1.54) is 13.2 Å². The summed E-state index contributed by atoms with van der Waals surface area (Å²) in [5, 5.41) is 22.1. The summed E-state index contributed by atoms with van der Waals surface area (Å²) < 4.78 is 9.92. The predicted octanol–water partition coefficient (Wildman–Crippen LogP) is 2.20. The Labute approximate surface area is 154 Å². The van der Waals surface area contributed by atoms with Gasteiger partial charge in [0.05, 0.1) is 29.7 Å². The first-order chi connectivity index (χ1) is 12.9. The first kappa shape index (κ1) is 19.4. The van der Waals surface area contributed by atoms with Gasteiger partial charge in [-0.05, 0) is 23.8 Å². The molecule has 2 aromatic rings. The Morgan fingerprint density at radius 3 is 2.52 bits per heavy atom. The predicted molar refractivity (Wildman–Crippen MR) is 94.1 cm³/mol. The molecule has 0 saturated heterocycles. The lowest BCUT2D eigenvalue weighted by Gasteiger charge is -2.08. The van der Waals surface area contributed by atoms with Crippen LogP contribution in [0.25, 0.3) is 0 Å². The smallest absolute Gasteiger partial charge is 0.310 e. The summed E-state index contributed by atoms with van der Waals surface area (Å²) in [6, 6.07) is 12.0. The van der Waals surface area contributed by atoms with Gasteiger partial charge in [0.1, 0.15) is 11.8 Å². The van der Waals surface area contributed by atoms with Gasteiger partial charge in [0, 0.05) is 12.1 Å². The SMILES string of the molecule is COc1ccc(CC(=O)OCC(=O)Nc2ccc([N+](=O)[O-])cc2C#N)cc1. The zero-order valence-corrected chi connectivity index (χ0v) is 14.3. The number of hydrogen-bond acceptors (Lipinski definition) is 7. The normalized spacial score (nSPS) is 9.78. The number of ether oxygens (including phenoxy) is 2. The molecule has 0 aliphatic heterocycles. The summed E-state index contributed by atoms with van der Waals surface area (Å²) in [6.07, 6.45) is -0.0156. The number of nitrogens with one attached hydrogen (secondary N) is 1.